The summed E-state index contributed by atoms with van der Waals surface area (Å²) < 4.78 is 10.8. The molecular weight excluding hydrogens is 222 g/mol. The van der Waals surface area contributed by atoms with Crippen molar-refractivity contribution in [2.45, 2.75) is 0 Å². The number of hydrogen-bond acceptors (Lipinski definition) is 4. The molecule has 0 fully saturated rings. The van der Waals surface area contributed by atoms with Crippen molar-refractivity contribution in [3.63, 3.8) is 0 Å². The Labute approximate surface area is 90.3 Å². The second-order valence-corrected chi connectivity index (χ2v) is 4.75. The molecule has 0 bridgehead atoms. The number of nitrogens with one attached hydrogen (secondary N) is 1. The van der Waals surface area contributed by atoms with E-state index in [4.69, 9.17) is 17.3 Å². The van der Waals surface area contributed by atoms with Gasteiger partial charge in [-0.05, 0) is 6.07 Å². The molecule has 0 saturated carbocycles. The number of nitrogen functional groups attached to an aromatic ring is 1. The molecule has 1 unspecified atom stereocenters. The fourth-order valence-corrected chi connectivity index (χ4v) is 1.54. The van der Waals surface area contributed by atoms with Crippen molar-refractivity contribution >= 4 is 33.9 Å². The van der Waals surface area contributed by atoms with Gasteiger partial charge in [0, 0.05) is 41.1 Å². The molecule has 0 aliphatic carbocycles. The van der Waals surface area contributed by atoms with Crippen molar-refractivity contribution in [2.75, 3.05) is 29.6 Å². The zero-order valence-electron chi connectivity index (χ0n) is 7.79. The molecule has 1 aromatic heterocycles. The van der Waals surface area contributed by atoms with Crippen LogP contribution in [0.1, 0.15) is 0 Å². The van der Waals surface area contributed by atoms with E-state index in [1.54, 1.807) is 18.4 Å². The van der Waals surface area contributed by atoms with E-state index in [2.05, 4.69) is 10.3 Å². The van der Waals surface area contributed by atoms with E-state index >= 15 is 0 Å². The Balaban J connectivity index is 2.54. The van der Waals surface area contributed by atoms with Gasteiger partial charge in [0.25, 0.3) is 0 Å². The molecule has 6 heteroatoms. The molecule has 1 aromatic rings. The second-order valence-electron chi connectivity index (χ2n) is 2.81. The zero-order chi connectivity index (χ0) is 10.6. The molecule has 0 aromatic carbocycles. The van der Waals surface area contributed by atoms with Crippen LogP contribution in [0, 0.1) is 0 Å². The van der Waals surface area contributed by atoms with Crippen LogP contribution in [0.3, 0.4) is 0 Å². The first-order valence-corrected chi connectivity index (χ1v) is 6.15. The number of halogens is 1. The van der Waals surface area contributed by atoms with Crippen molar-refractivity contribution in [3.8, 4) is 0 Å². The number of nitrogens with zero attached hydrogens (tertiary/aromatic N) is 1. The predicted octanol–water partition coefficient (Wildman–Crippen LogP) is 1.11. The Morgan fingerprint density at radius 3 is 2.93 bits per heavy atom. The van der Waals surface area contributed by atoms with Crippen LogP contribution in [0.2, 0.25) is 5.15 Å². The molecule has 3 N–H and O–H groups in total. The van der Waals surface area contributed by atoms with Crippen LogP contribution in [0.15, 0.2) is 12.1 Å². The van der Waals surface area contributed by atoms with Gasteiger partial charge in [-0.2, -0.15) is 0 Å². The number of hydrogen-bond donors (Lipinski definition) is 2. The van der Waals surface area contributed by atoms with Gasteiger partial charge >= 0.3 is 0 Å². The summed E-state index contributed by atoms with van der Waals surface area (Å²) in [6, 6.07) is 3.26. The first kappa shape index (κ1) is 11.3. The highest BCUT2D eigenvalue weighted by Gasteiger charge is 1.98. The molecule has 0 aliphatic heterocycles. The third-order valence-corrected chi connectivity index (χ3v) is 2.48. The molecule has 1 rings (SSSR count). The van der Waals surface area contributed by atoms with Crippen LogP contribution < -0.4 is 11.1 Å². The van der Waals surface area contributed by atoms with E-state index in [9.17, 15) is 4.21 Å². The SMILES string of the molecule is CS(=O)CCNc1cc(N)cc(Cl)n1. The normalized spacial score (nSPS) is 12.4. The average molecular weight is 234 g/mol. The van der Waals surface area contributed by atoms with Crippen LogP contribution in [-0.4, -0.2) is 27.7 Å². The summed E-state index contributed by atoms with van der Waals surface area (Å²) in [5.41, 5.74) is 6.13. The number of nitrogens with two attached hydrogens (primary N) is 1. The number of anilines is 2. The molecule has 1 atom stereocenters. The van der Waals surface area contributed by atoms with Gasteiger partial charge in [-0.3, -0.25) is 4.21 Å². The minimum Gasteiger partial charge on any atom is -0.399 e. The Bertz CT molecular complexity index is 325. The molecule has 78 valence electrons. The number of pyridine rings is 1. The van der Waals surface area contributed by atoms with Crippen molar-refractivity contribution in [1.82, 2.24) is 4.98 Å². The maximum absolute atomic E-state index is 10.8. The first-order chi connectivity index (χ1) is 6.58. The predicted molar refractivity (Wildman–Crippen MR) is 61.1 cm³/mol. The maximum Gasteiger partial charge on any atom is 0.133 e. The molecule has 4 nitrogen and oxygen atoms in total. The van der Waals surface area contributed by atoms with Gasteiger partial charge in [-0.25, -0.2) is 4.98 Å². The number of rotatable bonds is 4. The van der Waals surface area contributed by atoms with Crippen molar-refractivity contribution in [2.24, 2.45) is 0 Å². The highest BCUT2D eigenvalue weighted by atomic mass is 35.5. The molecule has 0 radical (unpaired) electrons. The highest BCUT2D eigenvalue weighted by molar-refractivity contribution is 7.84. The second kappa shape index (κ2) is 5.17. The summed E-state index contributed by atoms with van der Waals surface area (Å²) in [6.45, 7) is 0.593. The summed E-state index contributed by atoms with van der Waals surface area (Å²) in [5.74, 6) is 1.19. The molecule has 0 saturated heterocycles. The van der Waals surface area contributed by atoms with E-state index in [0.29, 0.717) is 29.0 Å². The van der Waals surface area contributed by atoms with Crippen LogP contribution in [-0.2, 0) is 10.8 Å². The standard InChI is InChI=1S/C8H12ClN3OS/c1-14(13)3-2-11-8-5-6(10)4-7(9)12-8/h4-5H,2-3H2,1H3,(H3,10,11,12). The van der Waals surface area contributed by atoms with Crippen LogP contribution in [0.25, 0.3) is 0 Å². The lowest BCUT2D eigenvalue weighted by atomic mass is 10.4. The Morgan fingerprint density at radius 2 is 2.36 bits per heavy atom. The monoisotopic (exact) mass is 233 g/mol. The van der Waals surface area contributed by atoms with Gasteiger partial charge in [0.15, 0.2) is 0 Å². The van der Waals surface area contributed by atoms with Crippen LogP contribution >= 0.6 is 11.6 Å². The third kappa shape index (κ3) is 3.93. The highest BCUT2D eigenvalue weighted by Crippen LogP contribution is 2.15. The van der Waals surface area contributed by atoms with Crippen molar-refractivity contribution in [3.05, 3.63) is 17.3 Å². The van der Waals surface area contributed by atoms with E-state index in [0.717, 1.165) is 0 Å². The van der Waals surface area contributed by atoms with Gasteiger partial charge in [-0.15, -0.1) is 0 Å². The summed E-state index contributed by atoms with van der Waals surface area (Å²) in [5, 5.41) is 3.34. The van der Waals surface area contributed by atoms with Gasteiger partial charge in [-0.1, -0.05) is 11.6 Å². The van der Waals surface area contributed by atoms with E-state index in [-0.39, 0.29) is 0 Å². The zero-order valence-corrected chi connectivity index (χ0v) is 9.36. The molecule has 0 spiro atoms. The first-order valence-electron chi connectivity index (χ1n) is 4.05. The smallest absolute Gasteiger partial charge is 0.133 e. The lowest BCUT2D eigenvalue weighted by molar-refractivity contribution is 0.687. The summed E-state index contributed by atoms with van der Waals surface area (Å²) in [6.07, 6.45) is 1.65. The van der Waals surface area contributed by atoms with E-state index in [1.165, 1.54) is 0 Å². The van der Waals surface area contributed by atoms with Gasteiger partial charge in [0.1, 0.15) is 11.0 Å². The third-order valence-electron chi connectivity index (χ3n) is 1.51. The fourth-order valence-electron chi connectivity index (χ4n) is 0.930. The van der Waals surface area contributed by atoms with E-state index < -0.39 is 10.8 Å². The summed E-state index contributed by atoms with van der Waals surface area (Å²) >= 11 is 5.70. The molecule has 0 aliphatic rings. The van der Waals surface area contributed by atoms with Crippen LogP contribution in [0.5, 0.6) is 0 Å². The average Bonchev–Trinajstić information content (AvgIpc) is 2.01. The molecule has 1 heterocycles. The minimum absolute atomic E-state index is 0.352. The fraction of sp³-hybridized carbons (Fsp3) is 0.375. The largest absolute Gasteiger partial charge is 0.399 e. The summed E-state index contributed by atoms with van der Waals surface area (Å²) in [4.78, 5) is 4.01. The molecular formula is C8H12ClN3OS. The lowest BCUT2D eigenvalue weighted by Gasteiger charge is -2.05. The Kier molecular flexibility index (Phi) is 4.16. The van der Waals surface area contributed by atoms with Crippen molar-refractivity contribution in [1.29, 1.82) is 0 Å². The minimum atomic E-state index is -0.804. The van der Waals surface area contributed by atoms with Gasteiger partial charge in [0.05, 0.1) is 0 Å². The van der Waals surface area contributed by atoms with Crippen molar-refractivity contribution < 1.29 is 4.21 Å². The topological polar surface area (TPSA) is 68.0 Å². The van der Waals surface area contributed by atoms with Gasteiger partial charge in [0.2, 0.25) is 0 Å². The van der Waals surface area contributed by atoms with Crippen LogP contribution in [0.4, 0.5) is 11.5 Å². The van der Waals surface area contributed by atoms with Gasteiger partial charge < -0.3 is 11.1 Å². The maximum atomic E-state index is 10.8. The molecule has 14 heavy (non-hydrogen) atoms. The number of aromatic nitrogens is 1. The van der Waals surface area contributed by atoms with E-state index in [1.807, 2.05) is 0 Å². The lowest BCUT2D eigenvalue weighted by Crippen LogP contribution is -2.11. The Hall–Kier alpha value is -0.810. The summed E-state index contributed by atoms with van der Waals surface area (Å²) in [7, 11) is -0.804. The quantitative estimate of drug-likeness (QED) is 0.765. The molecule has 0 amide bonds. The Morgan fingerprint density at radius 1 is 1.64 bits per heavy atom.